The summed E-state index contributed by atoms with van der Waals surface area (Å²) in [6.45, 7) is 5.20. The number of anilines is 1. The number of hydrogen-bond acceptors (Lipinski definition) is 3. The van der Waals surface area contributed by atoms with E-state index in [1.165, 1.54) is 11.3 Å². The van der Waals surface area contributed by atoms with Crippen LogP contribution < -0.4 is 15.8 Å². The van der Waals surface area contributed by atoms with Crippen molar-refractivity contribution < 1.29 is 4.79 Å². The van der Waals surface area contributed by atoms with Crippen LogP contribution in [-0.2, 0) is 19.3 Å². The number of fused-ring (bicyclic) bond motifs is 2. The van der Waals surface area contributed by atoms with Crippen LogP contribution in [0.4, 0.5) is 5.69 Å². The van der Waals surface area contributed by atoms with E-state index in [9.17, 15) is 9.59 Å². The van der Waals surface area contributed by atoms with E-state index in [0.717, 1.165) is 43.5 Å². The maximum absolute atomic E-state index is 12.8. The number of aromatic amines is 1. The Labute approximate surface area is 159 Å². The van der Waals surface area contributed by atoms with Gasteiger partial charge >= 0.3 is 0 Å². The molecular formula is C22H27N3O2. The van der Waals surface area contributed by atoms with Crippen molar-refractivity contribution in [3.8, 4) is 0 Å². The molecule has 1 amide bonds. The summed E-state index contributed by atoms with van der Waals surface area (Å²) < 4.78 is 0. The first-order valence-electron chi connectivity index (χ1n) is 9.67. The maximum atomic E-state index is 12.8. The number of nitrogens with zero attached hydrogens (tertiary/aromatic N) is 1. The summed E-state index contributed by atoms with van der Waals surface area (Å²) in [6, 6.07) is 10.0. The van der Waals surface area contributed by atoms with Gasteiger partial charge in [0.25, 0.3) is 11.5 Å². The summed E-state index contributed by atoms with van der Waals surface area (Å²) >= 11 is 0. The molecule has 1 aromatic heterocycles. The fraction of sp³-hybridized carbons (Fsp3) is 0.455. The van der Waals surface area contributed by atoms with Crippen LogP contribution in [0.25, 0.3) is 0 Å². The highest BCUT2D eigenvalue weighted by molar-refractivity contribution is 5.94. The van der Waals surface area contributed by atoms with Crippen LogP contribution in [0.15, 0.2) is 35.1 Å². The van der Waals surface area contributed by atoms with Gasteiger partial charge in [-0.15, -0.1) is 0 Å². The number of amides is 1. The highest BCUT2D eigenvalue weighted by Gasteiger charge is 2.28. The number of aryl methyl sites for hydroxylation is 1. The van der Waals surface area contributed by atoms with Crippen molar-refractivity contribution in [2.24, 2.45) is 5.41 Å². The molecule has 0 bridgehead atoms. The molecule has 4 rings (SSSR count). The molecule has 1 aliphatic heterocycles. The Balaban J connectivity index is 1.55. The summed E-state index contributed by atoms with van der Waals surface area (Å²) in [5.41, 5.74) is 4.66. The Hall–Kier alpha value is -2.56. The number of H-pyrrole nitrogens is 1. The molecule has 5 heteroatoms. The van der Waals surface area contributed by atoms with Gasteiger partial charge in [0.1, 0.15) is 5.56 Å². The molecule has 142 valence electrons. The molecule has 1 unspecified atom stereocenters. The van der Waals surface area contributed by atoms with Crippen LogP contribution in [0, 0.1) is 5.41 Å². The van der Waals surface area contributed by atoms with E-state index in [-0.39, 0.29) is 28.5 Å². The quantitative estimate of drug-likeness (QED) is 0.860. The first-order chi connectivity index (χ1) is 12.8. The topological polar surface area (TPSA) is 65.2 Å². The van der Waals surface area contributed by atoms with E-state index >= 15 is 0 Å². The molecule has 2 N–H and O–H groups in total. The van der Waals surface area contributed by atoms with Crippen molar-refractivity contribution in [1.82, 2.24) is 10.3 Å². The lowest BCUT2D eigenvalue weighted by atomic mass is 9.76. The largest absolute Gasteiger partial charge is 0.372 e. The van der Waals surface area contributed by atoms with Crippen LogP contribution >= 0.6 is 0 Å². The van der Waals surface area contributed by atoms with Gasteiger partial charge in [-0.25, -0.2) is 0 Å². The Morgan fingerprint density at radius 3 is 2.85 bits per heavy atom. The fourth-order valence-electron chi connectivity index (χ4n) is 4.40. The molecule has 0 radical (unpaired) electrons. The lowest BCUT2D eigenvalue weighted by molar-refractivity contribution is 0.0935. The van der Waals surface area contributed by atoms with E-state index in [1.807, 2.05) is 25.2 Å². The molecule has 1 atom stereocenters. The second-order valence-electron chi connectivity index (χ2n) is 8.74. The summed E-state index contributed by atoms with van der Waals surface area (Å²) in [5, 5.41) is 3.07. The minimum atomic E-state index is -0.282. The normalized spacial score (nSPS) is 20.6. The Morgan fingerprint density at radius 2 is 2.04 bits per heavy atom. The van der Waals surface area contributed by atoms with Crippen molar-refractivity contribution in [3.05, 3.63) is 63.1 Å². The average molecular weight is 365 g/mol. The first-order valence-corrected chi connectivity index (χ1v) is 9.67. The molecule has 0 fully saturated rings. The number of aromatic nitrogens is 1. The number of nitrogens with one attached hydrogen (secondary N) is 2. The third kappa shape index (κ3) is 3.51. The van der Waals surface area contributed by atoms with Crippen molar-refractivity contribution in [2.75, 3.05) is 18.5 Å². The number of benzene rings is 1. The van der Waals surface area contributed by atoms with Crippen molar-refractivity contribution in [1.29, 1.82) is 0 Å². The van der Waals surface area contributed by atoms with Crippen LogP contribution in [0.2, 0.25) is 0 Å². The monoisotopic (exact) mass is 365 g/mol. The maximum Gasteiger partial charge on any atom is 0.261 e. The minimum Gasteiger partial charge on any atom is -0.372 e. The van der Waals surface area contributed by atoms with Gasteiger partial charge < -0.3 is 15.2 Å². The summed E-state index contributed by atoms with van der Waals surface area (Å²) in [5.74, 6) is -0.278. The highest BCUT2D eigenvalue weighted by Crippen LogP contribution is 2.33. The summed E-state index contributed by atoms with van der Waals surface area (Å²) in [4.78, 5) is 30.4. The molecule has 5 nitrogen and oxygen atoms in total. The fourth-order valence-corrected chi connectivity index (χ4v) is 4.40. The molecule has 2 aliphatic rings. The second-order valence-corrected chi connectivity index (χ2v) is 8.74. The molecule has 0 spiro atoms. The summed E-state index contributed by atoms with van der Waals surface area (Å²) in [7, 11) is 2.03. The van der Waals surface area contributed by atoms with Crippen molar-refractivity contribution in [3.63, 3.8) is 0 Å². The molecule has 0 saturated heterocycles. The molecule has 0 saturated carbocycles. The Kier molecular flexibility index (Phi) is 4.33. The van der Waals surface area contributed by atoms with Gasteiger partial charge in [-0.2, -0.15) is 0 Å². The zero-order valence-corrected chi connectivity index (χ0v) is 16.3. The highest BCUT2D eigenvalue weighted by atomic mass is 16.2. The Bertz CT molecular complexity index is 945. The van der Waals surface area contributed by atoms with Gasteiger partial charge in [0, 0.05) is 25.0 Å². The number of likely N-dealkylation sites (N-methyl/N-ethyl adjacent to an activating group) is 1. The van der Waals surface area contributed by atoms with E-state index < -0.39 is 0 Å². The molecule has 1 aliphatic carbocycles. The number of carbonyl (C=O) groups excluding carboxylic acids is 1. The van der Waals surface area contributed by atoms with Gasteiger partial charge in [0.15, 0.2) is 0 Å². The van der Waals surface area contributed by atoms with Crippen LogP contribution in [-0.4, -0.2) is 30.5 Å². The Morgan fingerprint density at radius 1 is 1.26 bits per heavy atom. The third-order valence-electron chi connectivity index (χ3n) is 5.88. The van der Waals surface area contributed by atoms with Crippen molar-refractivity contribution in [2.45, 2.75) is 45.6 Å². The SMILES string of the molecule is CN1CC(NC(=O)c2cc3c([nH]c2=O)CCC(C)(C)C3)Cc2ccccc21. The predicted molar refractivity (Wildman–Crippen MR) is 108 cm³/mol. The average Bonchev–Trinajstić information content (AvgIpc) is 2.61. The summed E-state index contributed by atoms with van der Waals surface area (Å²) in [6.07, 6.45) is 3.58. The number of hydrogen-bond donors (Lipinski definition) is 2. The lowest BCUT2D eigenvalue weighted by Crippen LogP contribution is -2.48. The number of rotatable bonds is 2. The second kappa shape index (κ2) is 6.55. The molecule has 2 aromatic rings. The van der Waals surface area contributed by atoms with Gasteiger partial charge in [0.2, 0.25) is 0 Å². The van der Waals surface area contributed by atoms with Gasteiger partial charge in [-0.1, -0.05) is 32.0 Å². The van der Waals surface area contributed by atoms with E-state index in [0.29, 0.717) is 0 Å². The third-order valence-corrected chi connectivity index (χ3v) is 5.88. The van der Waals surface area contributed by atoms with Gasteiger partial charge in [0.05, 0.1) is 6.04 Å². The predicted octanol–water partition coefficient (Wildman–Crippen LogP) is 2.68. The number of para-hydroxylation sites is 1. The lowest BCUT2D eigenvalue weighted by Gasteiger charge is -2.34. The number of pyridine rings is 1. The van der Waals surface area contributed by atoms with Crippen molar-refractivity contribution >= 4 is 11.6 Å². The van der Waals surface area contributed by atoms with Crippen LogP contribution in [0.3, 0.4) is 0 Å². The molecule has 2 heterocycles. The zero-order valence-electron chi connectivity index (χ0n) is 16.3. The van der Waals surface area contributed by atoms with E-state index in [2.05, 4.69) is 41.2 Å². The van der Waals surface area contributed by atoms with Crippen LogP contribution in [0.5, 0.6) is 0 Å². The number of carbonyl (C=O) groups is 1. The van der Waals surface area contributed by atoms with E-state index in [1.54, 1.807) is 0 Å². The molecular weight excluding hydrogens is 338 g/mol. The molecule has 27 heavy (non-hydrogen) atoms. The minimum absolute atomic E-state index is 0.00993. The standard InChI is InChI=1S/C22H27N3O2/c1-22(2)9-8-18-15(12-22)11-17(21(27)24-18)20(26)23-16-10-14-6-4-5-7-19(14)25(3)13-16/h4-7,11,16H,8-10,12-13H2,1-3H3,(H,23,26)(H,24,27). The smallest absolute Gasteiger partial charge is 0.261 e. The van der Waals surface area contributed by atoms with Gasteiger partial charge in [-0.3, -0.25) is 9.59 Å². The van der Waals surface area contributed by atoms with E-state index in [4.69, 9.17) is 0 Å². The zero-order chi connectivity index (χ0) is 19.2. The van der Waals surface area contributed by atoms with Gasteiger partial charge in [-0.05, 0) is 54.4 Å². The molecule has 1 aromatic carbocycles. The van der Waals surface area contributed by atoms with Crippen LogP contribution in [0.1, 0.15) is 47.4 Å². The first kappa shape index (κ1) is 17.8.